The van der Waals surface area contributed by atoms with Gasteiger partial charge in [0.2, 0.25) is 5.82 Å². The minimum absolute atomic E-state index is 0.0272. The van der Waals surface area contributed by atoms with E-state index in [1.54, 1.807) is 18.2 Å². The lowest BCUT2D eigenvalue weighted by Gasteiger charge is -2.41. The van der Waals surface area contributed by atoms with Crippen molar-refractivity contribution in [3.63, 3.8) is 0 Å². The lowest BCUT2D eigenvalue weighted by molar-refractivity contribution is -0.146. The molecule has 0 bridgehead atoms. The zero-order chi connectivity index (χ0) is 24.6. The van der Waals surface area contributed by atoms with Crippen molar-refractivity contribution in [1.29, 1.82) is 0 Å². The summed E-state index contributed by atoms with van der Waals surface area (Å²) in [5.41, 5.74) is 1.98. The SMILES string of the molecule is CC(C)Oc1ccc(-n2cnnc2C(F)(F)F)cc1[C@H]1CO[C@]2(CCCNC2c2ccccc2)C1. The van der Waals surface area contributed by atoms with Crippen LogP contribution in [0, 0.1) is 0 Å². The Morgan fingerprint density at radius 2 is 1.97 bits per heavy atom. The Balaban J connectivity index is 1.51. The first-order valence-electron chi connectivity index (χ1n) is 12.0. The summed E-state index contributed by atoms with van der Waals surface area (Å²) in [6.07, 6.45) is -0.938. The molecule has 2 saturated heterocycles. The van der Waals surface area contributed by atoms with Gasteiger partial charge in [0, 0.05) is 17.2 Å². The van der Waals surface area contributed by atoms with E-state index in [9.17, 15) is 13.2 Å². The van der Waals surface area contributed by atoms with Gasteiger partial charge < -0.3 is 14.8 Å². The molecule has 1 N–H and O–H groups in total. The number of alkyl halides is 3. The van der Waals surface area contributed by atoms with E-state index in [4.69, 9.17) is 9.47 Å². The third-order valence-corrected chi connectivity index (χ3v) is 6.82. The highest BCUT2D eigenvalue weighted by atomic mass is 19.4. The van der Waals surface area contributed by atoms with Crippen molar-refractivity contribution in [2.75, 3.05) is 13.2 Å². The standard InChI is InChI=1S/C26H29F3N4O2/c1-17(2)35-22-10-9-20(33-16-31-32-24(33)26(27,28)29)13-21(22)19-14-25(34-15-19)11-6-12-30-23(25)18-7-4-3-5-8-18/h3-5,7-10,13,16-17,19,23,30H,6,11-12,14-15H2,1-2H3/t19-,23?,25-/m1/s1. The Morgan fingerprint density at radius 3 is 2.71 bits per heavy atom. The fourth-order valence-corrected chi connectivity index (χ4v) is 5.39. The molecular formula is C26H29F3N4O2. The maximum Gasteiger partial charge on any atom is 0.452 e. The van der Waals surface area contributed by atoms with Crippen LogP contribution in [0.2, 0.25) is 0 Å². The molecule has 0 saturated carbocycles. The van der Waals surface area contributed by atoms with Gasteiger partial charge in [0.15, 0.2) is 0 Å². The van der Waals surface area contributed by atoms with Crippen LogP contribution in [0.1, 0.15) is 62.0 Å². The van der Waals surface area contributed by atoms with Crippen molar-refractivity contribution in [3.8, 4) is 11.4 Å². The highest BCUT2D eigenvalue weighted by molar-refractivity contribution is 5.47. The van der Waals surface area contributed by atoms with Gasteiger partial charge in [0.1, 0.15) is 12.1 Å². The number of rotatable bonds is 5. The predicted octanol–water partition coefficient (Wildman–Crippen LogP) is 5.44. The van der Waals surface area contributed by atoms with Crippen LogP contribution < -0.4 is 10.1 Å². The fourth-order valence-electron chi connectivity index (χ4n) is 5.39. The second kappa shape index (κ2) is 9.28. The Kier molecular flexibility index (Phi) is 6.31. The first-order chi connectivity index (χ1) is 16.8. The van der Waals surface area contributed by atoms with Gasteiger partial charge in [-0.05, 0) is 63.4 Å². The third-order valence-electron chi connectivity index (χ3n) is 6.82. The number of ether oxygens (including phenoxy) is 2. The van der Waals surface area contributed by atoms with Crippen molar-refractivity contribution < 1.29 is 22.6 Å². The van der Waals surface area contributed by atoms with Gasteiger partial charge in [0.25, 0.3) is 0 Å². The highest BCUT2D eigenvalue weighted by Crippen LogP contribution is 2.50. The van der Waals surface area contributed by atoms with E-state index in [2.05, 4.69) is 27.6 Å². The zero-order valence-electron chi connectivity index (χ0n) is 19.8. The predicted molar refractivity (Wildman–Crippen MR) is 125 cm³/mol. The average molecular weight is 487 g/mol. The molecule has 0 aliphatic carbocycles. The number of benzene rings is 2. The van der Waals surface area contributed by atoms with Gasteiger partial charge in [-0.1, -0.05) is 30.3 Å². The van der Waals surface area contributed by atoms with E-state index in [-0.39, 0.29) is 23.7 Å². The molecule has 3 heterocycles. The Labute approximate surface area is 202 Å². The van der Waals surface area contributed by atoms with Crippen molar-refractivity contribution in [2.24, 2.45) is 0 Å². The molecule has 9 heteroatoms. The van der Waals surface area contributed by atoms with E-state index in [0.717, 1.165) is 42.3 Å². The van der Waals surface area contributed by atoms with Gasteiger partial charge >= 0.3 is 6.18 Å². The minimum atomic E-state index is -4.61. The van der Waals surface area contributed by atoms with Crippen LogP contribution in [-0.4, -0.2) is 39.6 Å². The van der Waals surface area contributed by atoms with Crippen LogP contribution in [0.15, 0.2) is 54.9 Å². The fraction of sp³-hybridized carbons (Fsp3) is 0.462. The van der Waals surface area contributed by atoms with Crippen LogP contribution in [0.4, 0.5) is 13.2 Å². The minimum Gasteiger partial charge on any atom is -0.491 e. The van der Waals surface area contributed by atoms with Gasteiger partial charge in [-0.2, -0.15) is 13.2 Å². The quantitative estimate of drug-likeness (QED) is 0.520. The summed E-state index contributed by atoms with van der Waals surface area (Å²) in [7, 11) is 0. The van der Waals surface area contributed by atoms with E-state index < -0.39 is 12.0 Å². The monoisotopic (exact) mass is 486 g/mol. The number of nitrogens with one attached hydrogen (secondary N) is 1. The second-order valence-electron chi connectivity index (χ2n) is 9.59. The molecule has 2 aliphatic heterocycles. The van der Waals surface area contributed by atoms with Crippen LogP contribution in [-0.2, 0) is 10.9 Å². The number of nitrogens with zero attached hydrogens (tertiary/aromatic N) is 3. The second-order valence-corrected chi connectivity index (χ2v) is 9.59. The van der Waals surface area contributed by atoms with Crippen LogP contribution >= 0.6 is 0 Å². The summed E-state index contributed by atoms with van der Waals surface area (Å²) >= 11 is 0. The summed E-state index contributed by atoms with van der Waals surface area (Å²) in [5.74, 6) is -0.419. The van der Waals surface area contributed by atoms with E-state index >= 15 is 0 Å². The molecule has 0 amide bonds. The molecule has 2 aliphatic rings. The van der Waals surface area contributed by atoms with Crippen LogP contribution in [0.5, 0.6) is 5.75 Å². The van der Waals surface area contributed by atoms with Gasteiger partial charge in [-0.3, -0.25) is 4.57 Å². The van der Waals surface area contributed by atoms with Crippen molar-refractivity contribution in [3.05, 3.63) is 71.8 Å². The molecule has 186 valence electrons. The molecule has 2 fully saturated rings. The molecule has 1 unspecified atom stereocenters. The maximum absolute atomic E-state index is 13.5. The van der Waals surface area contributed by atoms with Gasteiger partial charge in [0.05, 0.1) is 24.4 Å². The number of halogens is 3. The summed E-state index contributed by atoms with van der Waals surface area (Å²) in [6, 6.07) is 15.4. The normalized spacial score (nSPS) is 24.9. The average Bonchev–Trinajstić information content (AvgIpc) is 3.48. The van der Waals surface area contributed by atoms with Gasteiger partial charge in [-0.25, -0.2) is 0 Å². The van der Waals surface area contributed by atoms with E-state index in [1.165, 1.54) is 5.56 Å². The third kappa shape index (κ3) is 4.67. The molecule has 3 atom stereocenters. The van der Waals surface area contributed by atoms with Gasteiger partial charge in [-0.15, -0.1) is 10.2 Å². The lowest BCUT2D eigenvalue weighted by atomic mass is 9.77. The largest absolute Gasteiger partial charge is 0.491 e. The molecule has 6 nitrogen and oxygen atoms in total. The number of hydrogen-bond donors (Lipinski definition) is 1. The van der Waals surface area contributed by atoms with E-state index in [1.807, 2.05) is 32.0 Å². The number of hydrogen-bond acceptors (Lipinski definition) is 5. The highest BCUT2D eigenvalue weighted by Gasteiger charge is 2.49. The summed E-state index contributed by atoms with van der Waals surface area (Å²) in [4.78, 5) is 0. The Hall–Kier alpha value is -2.91. The maximum atomic E-state index is 13.5. The lowest BCUT2D eigenvalue weighted by Crippen LogP contribution is -2.48. The molecule has 2 aromatic carbocycles. The summed E-state index contributed by atoms with van der Waals surface area (Å²) in [5, 5.41) is 10.4. The van der Waals surface area contributed by atoms with Crippen molar-refractivity contribution >= 4 is 0 Å². The summed E-state index contributed by atoms with van der Waals surface area (Å²) < 4.78 is 54.1. The molecule has 3 aromatic rings. The smallest absolute Gasteiger partial charge is 0.452 e. The molecule has 0 radical (unpaired) electrons. The van der Waals surface area contributed by atoms with E-state index in [0.29, 0.717) is 18.0 Å². The number of aromatic nitrogens is 3. The molecule has 1 spiro atoms. The molecule has 35 heavy (non-hydrogen) atoms. The zero-order valence-corrected chi connectivity index (χ0v) is 19.8. The van der Waals surface area contributed by atoms with Crippen LogP contribution in [0.3, 0.4) is 0 Å². The summed E-state index contributed by atoms with van der Waals surface area (Å²) in [6.45, 7) is 5.25. The Bertz CT molecular complexity index is 1160. The molecule has 1 aromatic heterocycles. The number of piperidine rings is 1. The first kappa shape index (κ1) is 23.8. The molecule has 5 rings (SSSR count). The first-order valence-corrected chi connectivity index (χ1v) is 12.0. The van der Waals surface area contributed by atoms with Crippen molar-refractivity contribution in [1.82, 2.24) is 20.1 Å². The molecular weight excluding hydrogens is 457 g/mol. The Morgan fingerprint density at radius 1 is 1.17 bits per heavy atom. The van der Waals surface area contributed by atoms with Crippen molar-refractivity contribution in [2.45, 2.75) is 63.0 Å². The van der Waals surface area contributed by atoms with Crippen LogP contribution in [0.25, 0.3) is 5.69 Å². The topological polar surface area (TPSA) is 61.2 Å².